The van der Waals surface area contributed by atoms with Gasteiger partial charge < -0.3 is 9.47 Å². The van der Waals surface area contributed by atoms with Crippen molar-refractivity contribution in [3.63, 3.8) is 0 Å². The maximum absolute atomic E-state index is 11.5. The molecule has 0 fully saturated rings. The fourth-order valence-electron chi connectivity index (χ4n) is 1.42. The Labute approximate surface area is 118 Å². The number of anilines is 2. The zero-order valence-corrected chi connectivity index (χ0v) is 11.8. The first kappa shape index (κ1) is 15.8. The Morgan fingerprint density at radius 2 is 1.65 bits per heavy atom. The summed E-state index contributed by atoms with van der Waals surface area (Å²) in [5, 5.41) is 5.15. The molecule has 2 N–H and O–H groups in total. The number of hydrogen-bond acceptors (Lipinski definition) is 4. The zero-order valence-electron chi connectivity index (χ0n) is 11.8. The van der Waals surface area contributed by atoms with Crippen LogP contribution >= 0.6 is 0 Å². The molecule has 0 heterocycles. The molecule has 0 saturated heterocycles. The van der Waals surface area contributed by atoms with E-state index < -0.39 is 12.2 Å². The van der Waals surface area contributed by atoms with Crippen LogP contribution in [-0.4, -0.2) is 25.4 Å². The number of hydrogen-bond donors (Lipinski definition) is 2. The summed E-state index contributed by atoms with van der Waals surface area (Å²) in [6.07, 6.45) is 0.756. The summed E-state index contributed by atoms with van der Waals surface area (Å²) >= 11 is 0. The average molecular weight is 280 g/mol. The fourth-order valence-corrected chi connectivity index (χ4v) is 1.42. The molecule has 0 radical (unpaired) electrons. The fraction of sp³-hybridized carbons (Fsp3) is 0.429. The topological polar surface area (TPSA) is 76.7 Å². The van der Waals surface area contributed by atoms with Gasteiger partial charge in [-0.25, -0.2) is 9.59 Å². The minimum absolute atomic E-state index is 0.299. The minimum atomic E-state index is -0.532. The van der Waals surface area contributed by atoms with Crippen molar-refractivity contribution in [3.8, 4) is 0 Å². The van der Waals surface area contributed by atoms with E-state index in [1.54, 1.807) is 31.2 Å². The highest BCUT2D eigenvalue weighted by molar-refractivity contribution is 5.88. The summed E-state index contributed by atoms with van der Waals surface area (Å²) in [4.78, 5) is 22.8. The Bertz CT molecular complexity index is 449. The van der Waals surface area contributed by atoms with Gasteiger partial charge in [-0.2, -0.15) is 0 Å². The van der Waals surface area contributed by atoms with Crippen molar-refractivity contribution in [2.75, 3.05) is 23.8 Å². The minimum Gasteiger partial charge on any atom is -0.450 e. The molecule has 0 unspecified atom stereocenters. The normalized spacial score (nSPS) is 9.70. The standard InChI is InChI=1S/C14H20N2O4/c1-3-5-9-20-14(18)16-12-8-6-7-11(10-12)15-13(17)19-4-2/h6-8,10H,3-5,9H2,1-2H3,(H,15,17)(H,16,18). The highest BCUT2D eigenvalue weighted by Gasteiger charge is 2.05. The van der Waals surface area contributed by atoms with Crippen LogP contribution in [0.3, 0.4) is 0 Å². The molecule has 1 aromatic rings. The van der Waals surface area contributed by atoms with Crippen molar-refractivity contribution in [2.45, 2.75) is 26.7 Å². The molecule has 110 valence electrons. The lowest BCUT2D eigenvalue weighted by molar-refractivity contribution is 0.160. The van der Waals surface area contributed by atoms with E-state index in [0.29, 0.717) is 24.6 Å². The Kier molecular flexibility index (Phi) is 6.95. The number of benzene rings is 1. The third-order valence-electron chi connectivity index (χ3n) is 2.36. The molecule has 0 saturated carbocycles. The third-order valence-corrected chi connectivity index (χ3v) is 2.36. The lowest BCUT2D eigenvalue weighted by atomic mass is 10.3. The van der Waals surface area contributed by atoms with E-state index >= 15 is 0 Å². The number of carbonyl (C=O) groups excluding carboxylic acids is 2. The number of nitrogens with one attached hydrogen (secondary N) is 2. The molecule has 1 aromatic carbocycles. The van der Waals surface area contributed by atoms with E-state index in [1.807, 2.05) is 6.92 Å². The number of rotatable bonds is 6. The molecule has 0 aromatic heterocycles. The van der Waals surface area contributed by atoms with Crippen molar-refractivity contribution in [2.24, 2.45) is 0 Å². The van der Waals surface area contributed by atoms with Gasteiger partial charge in [-0.05, 0) is 31.5 Å². The monoisotopic (exact) mass is 280 g/mol. The first-order chi connectivity index (χ1) is 9.65. The average Bonchev–Trinajstić information content (AvgIpc) is 2.39. The summed E-state index contributed by atoms with van der Waals surface area (Å²) < 4.78 is 9.75. The molecule has 0 aliphatic carbocycles. The Morgan fingerprint density at radius 3 is 2.20 bits per heavy atom. The van der Waals surface area contributed by atoms with Gasteiger partial charge >= 0.3 is 12.2 Å². The largest absolute Gasteiger partial charge is 0.450 e. The molecule has 0 bridgehead atoms. The highest BCUT2D eigenvalue weighted by Crippen LogP contribution is 2.15. The molecule has 6 nitrogen and oxygen atoms in total. The van der Waals surface area contributed by atoms with Gasteiger partial charge in [0.2, 0.25) is 0 Å². The van der Waals surface area contributed by atoms with Crippen molar-refractivity contribution < 1.29 is 19.1 Å². The predicted molar refractivity (Wildman–Crippen MR) is 77.0 cm³/mol. The highest BCUT2D eigenvalue weighted by atomic mass is 16.6. The van der Waals surface area contributed by atoms with Crippen LogP contribution in [0.4, 0.5) is 21.0 Å². The number of carbonyl (C=O) groups is 2. The molecular formula is C14H20N2O4. The van der Waals surface area contributed by atoms with E-state index in [2.05, 4.69) is 10.6 Å². The summed E-state index contributed by atoms with van der Waals surface area (Å²) in [7, 11) is 0. The second-order valence-corrected chi connectivity index (χ2v) is 4.04. The first-order valence-electron chi connectivity index (χ1n) is 6.63. The zero-order chi connectivity index (χ0) is 14.8. The second-order valence-electron chi connectivity index (χ2n) is 4.04. The van der Waals surface area contributed by atoms with Gasteiger partial charge in [0.05, 0.1) is 13.2 Å². The van der Waals surface area contributed by atoms with Crippen molar-refractivity contribution in [1.29, 1.82) is 0 Å². The molecule has 0 aliphatic heterocycles. The Morgan fingerprint density at radius 1 is 1.05 bits per heavy atom. The van der Waals surface area contributed by atoms with Gasteiger partial charge in [0.1, 0.15) is 0 Å². The lowest BCUT2D eigenvalue weighted by Gasteiger charge is -2.09. The number of unbranched alkanes of at least 4 members (excludes halogenated alkanes) is 1. The molecule has 0 atom stereocenters. The van der Waals surface area contributed by atoms with Crippen LogP contribution < -0.4 is 10.6 Å². The SMILES string of the molecule is CCCCOC(=O)Nc1cccc(NC(=O)OCC)c1. The second kappa shape index (κ2) is 8.79. The van der Waals surface area contributed by atoms with Gasteiger partial charge in [-0.1, -0.05) is 19.4 Å². The van der Waals surface area contributed by atoms with Gasteiger partial charge in [0.15, 0.2) is 0 Å². The molecule has 20 heavy (non-hydrogen) atoms. The maximum Gasteiger partial charge on any atom is 0.411 e. The van der Waals surface area contributed by atoms with E-state index in [1.165, 1.54) is 0 Å². The lowest BCUT2D eigenvalue weighted by Crippen LogP contribution is -2.15. The van der Waals surface area contributed by atoms with Crippen molar-refractivity contribution in [3.05, 3.63) is 24.3 Å². The Hall–Kier alpha value is -2.24. The van der Waals surface area contributed by atoms with Gasteiger partial charge in [-0.15, -0.1) is 0 Å². The number of ether oxygens (including phenoxy) is 2. The third kappa shape index (κ3) is 6.08. The van der Waals surface area contributed by atoms with E-state index in [9.17, 15) is 9.59 Å². The molecule has 2 amide bonds. The van der Waals surface area contributed by atoms with Gasteiger partial charge in [-0.3, -0.25) is 10.6 Å². The first-order valence-corrected chi connectivity index (χ1v) is 6.63. The Balaban J connectivity index is 2.50. The summed E-state index contributed by atoms with van der Waals surface area (Å²) in [6, 6.07) is 6.74. The van der Waals surface area contributed by atoms with Crippen LogP contribution in [0.15, 0.2) is 24.3 Å². The van der Waals surface area contributed by atoms with Crippen LogP contribution in [0.2, 0.25) is 0 Å². The van der Waals surface area contributed by atoms with Crippen LogP contribution in [0.1, 0.15) is 26.7 Å². The quantitative estimate of drug-likeness (QED) is 0.780. The molecule has 6 heteroatoms. The van der Waals surface area contributed by atoms with Crippen LogP contribution in [-0.2, 0) is 9.47 Å². The van der Waals surface area contributed by atoms with Crippen LogP contribution in [0.25, 0.3) is 0 Å². The van der Waals surface area contributed by atoms with E-state index in [4.69, 9.17) is 9.47 Å². The van der Waals surface area contributed by atoms with Gasteiger partial charge in [0.25, 0.3) is 0 Å². The maximum atomic E-state index is 11.5. The summed E-state index contributed by atoms with van der Waals surface area (Å²) in [6.45, 7) is 4.44. The van der Waals surface area contributed by atoms with E-state index in [0.717, 1.165) is 12.8 Å². The molecular weight excluding hydrogens is 260 g/mol. The predicted octanol–water partition coefficient (Wildman–Crippen LogP) is 3.60. The smallest absolute Gasteiger partial charge is 0.411 e. The van der Waals surface area contributed by atoms with E-state index in [-0.39, 0.29) is 0 Å². The van der Waals surface area contributed by atoms with Crippen LogP contribution in [0, 0.1) is 0 Å². The summed E-state index contributed by atoms with van der Waals surface area (Å²) in [5.41, 5.74) is 1.08. The van der Waals surface area contributed by atoms with Crippen LogP contribution in [0.5, 0.6) is 0 Å². The van der Waals surface area contributed by atoms with Crippen molar-refractivity contribution >= 4 is 23.6 Å². The molecule has 0 spiro atoms. The summed E-state index contributed by atoms with van der Waals surface area (Å²) in [5.74, 6) is 0. The molecule has 1 rings (SSSR count). The van der Waals surface area contributed by atoms with Gasteiger partial charge in [0, 0.05) is 11.4 Å². The molecule has 0 aliphatic rings. The van der Waals surface area contributed by atoms with Crippen molar-refractivity contribution in [1.82, 2.24) is 0 Å². The number of amides is 2.